The number of aryl methyl sites for hydroxylation is 1. The molecule has 17 heavy (non-hydrogen) atoms. The Hall–Kier alpha value is -1.26. The van der Waals surface area contributed by atoms with Crippen molar-refractivity contribution in [3.05, 3.63) is 53.7 Å². The molecule has 2 rings (SSSR count). The third-order valence-electron chi connectivity index (χ3n) is 2.37. The van der Waals surface area contributed by atoms with Crippen LogP contribution in [0.1, 0.15) is 16.8 Å². The Morgan fingerprint density at radius 3 is 2.76 bits per heavy atom. The zero-order valence-electron chi connectivity index (χ0n) is 9.52. The molecule has 0 spiro atoms. The number of rotatable bonds is 4. The summed E-state index contributed by atoms with van der Waals surface area (Å²) in [5.41, 5.74) is 5.73. The van der Waals surface area contributed by atoms with Gasteiger partial charge in [-0.05, 0) is 37.3 Å². The van der Waals surface area contributed by atoms with Gasteiger partial charge in [0.1, 0.15) is 17.3 Å². The molecule has 0 saturated heterocycles. The maximum atomic E-state index is 13.1. The number of furan rings is 1. The molecule has 0 fully saturated rings. The summed E-state index contributed by atoms with van der Waals surface area (Å²) < 4.78 is 18.6. The van der Waals surface area contributed by atoms with E-state index in [1.54, 1.807) is 6.07 Å². The molecule has 0 aliphatic heterocycles. The smallest absolute Gasteiger partial charge is 0.124 e. The molecule has 1 heterocycles. The first kappa shape index (κ1) is 12.2. The van der Waals surface area contributed by atoms with Crippen LogP contribution >= 0.6 is 11.8 Å². The van der Waals surface area contributed by atoms with E-state index in [1.807, 2.05) is 25.1 Å². The van der Waals surface area contributed by atoms with Crippen LogP contribution in [0.5, 0.6) is 0 Å². The fourth-order valence-electron chi connectivity index (χ4n) is 1.55. The van der Waals surface area contributed by atoms with Gasteiger partial charge >= 0.3 is 0 Å². The van der Waals surface area contributed by atoms with E-state index in [-0.39, 0.29) is 11.1 Å². The third kappa shape index (κ3) is 3.11. The highest BCUT2D eigenvalue weighted by molar-refractivity contribution is 7.99. The van der Waals surface area contributed by atoms with Crippen molar-refractivity contribution >= 4 is 11.8 Å². The summed E-state index contributed by atoms with van der Waals surface area (Å²) in [5, 5.41) is 0.0190. The van der Waals surface area contributed by atoms with Crippen LogP contribution < -0.4 is 5.73 Å². The zero-order valence-corrected chi connectivity index (χ0v) is 10.3. The molecule has 2 nitrogen and oxygen atoms in total. The summed E-state index contributed by atoms with van der Waals surface area (Å²) in [7, 11) is 0. The summed E-state index contributed by atoms with van der Waals surface area (Å²) in [4.78, 5) is 0.856. The van der Waals surface area contributed by atoms with E-state index in [0.29, 0.717) is 6.54 Å². The van der Waals surface area contributed by atoms with Gasteiger partial charge < -0.3 is 10.2 Å². The number of benzene rings is 1. The fraction of sp³-hybridized carbons (Fsp3) is 0.231. The van der Waals surface area contributed by atoms with Crippen molar-refractivity contribution in [3.8, 4) is 0 Å². The van der Waals surface area contributed by atoms with Crippen LogP contribution in [0, 0.1) is 12.7 Å². The molecule has 1 aromatic heterocycles. The summed E-state index contributed by atoms with van der Waals surface area (Å²) in [5.74, 6) is 1.46. The molecule has 1 aromatic carbocycles. The molecule has 4 heteroatoms. The monoisotopic (exact) mass is 251 g/mol. The van der Waals surface area contributed by atoms with Gasteiger partial charge in [-0.15, -0.1) is 11.8 Å². The van der Waals surface area contributed by atoms with Gasteiger partial charge in [-0.3, -0.25) is 0 Å². The molecule has 0 bridgehead atoms. The summed E-state index contributed by atoms with van der Waals surface area (Å²) in [6.07, 6.45) is 0. The number of nitrogens with two attached hydrogens (primary N) is 1. The van der Waals surface area contributed by atoms with E-state index in [2.05, 4.69) is 0 Å². The van der Waals surface area contributed by atoms with Gasteiger partial charge in [-0.2, -0.15) is 0 Å². The summed E-state index contributed by atoms with van der Waals surface area (Å²) in [6.45, 7) is 2.35. The Labute approximate surface area is 104 Å². The van der Waals surface area contributed by atoms with Crippen molar-refractivity contribution < 1.29 is 8.81 Å². The highest BCUT2D eigenvalue weighted by atomic mass is 32.2. The summed E-state index contributed by atoms with van der Waals surface area (Å²) >= 11 is 1.51. The Bertz CT molecular complexity index is 498. The van der Waals surface area contributed by atoms with Gasteiger partial charge in [0.25, 0.3) is 0 Å². The zero-order chi connectivity index (χ0) is 12.3. The second-order valence-corrected chi connectivity index (χ2v) is 5.02. The van der Waals surface area contributed by atoms with E-state index >= 15 is 0 Å². The maximum absolute atomic E-state index is 13.1. The van der Waals surface area contributed by atoms with Gasteiger partial charge in [0.2, 0.25) is 0 Å². The second-order valence-electron chi connectivity index (χ2n) is 3.75. The van der Waals surface area contributed by atoms with Crippen molar-refractivity contribution in [2.24, 2.45) is 5.73 Å². The Kier molecular flexibility index (Phi) is 3.86. The highest BCUT2D eigenvalue weighted by Crippen LogP contribution is 2.35. The van der Waals surface area contributed by atoms with Crippen LogP contribution in [0.25, 0.3) is 0 Å². The fourth-order valence-corrected chi connectivity index (χ4v) is 2.56. The first-order valence-corrected chi connectivity index (χ1v) is 6.25. The van der Waals surface area contributed by atoms with E-state index in [4.69, 9.17) is 10.2 Å². The molecule has 0 radical (unpaired) electrons. The second kappa shape index (κ2) is 5.38. The molecular weight excluding hydrogens is 237 g/mol. The molecule has 2 aromatic rings. The summed E-state index contributed by atoms with van der Waals surface area (Å²) in [6, 6.07) is 10.3. The molecule has 2 N–H and O–H groups in total. The predicted octanol–water partition coefficient (Wildman–Crippen LogP) is 3.52. The van der Waals surface area contributed by atoms with Crippen molar-refractivity contribution in [2.45, 2.75) is 17.1 Å². The van der Waals surface area contributed by atoms with Crippen LogP contribution in [0.15, 0.2) is 45.7 Å². The van der Waals surface area contributed by atoms with Gasteiger partial charge in [-0.1, -0.05) is 6.07 Å². The van der Waals surface area contributed by atoms with Crippen molar-refractivity contribution in [2.75, 3.05) is 6.54 Å². The molecule has 0 amide bonds. The van der Waals surface area contributed by atoms with Crippen LogP contribution in [0.2, 0.25) is 0 Å². The Morgan fingerprint density at radius 2 is 2.18 bits per heavy atom. The van der Waals surface area contributed by atoms with Crippen LogP contribution in [-0.4, -0.2) is 6.54 Å². The number of thioether (sulfide) groups is 1. The van der Waals surface area contributed by atoms with E-state index in [9.17, 15) is 4.39 Å². The van der Waals surface area contributed by atoms with Crippen LogP contribution in [0.3, 0.4) is 0 Å². The van der Waals surface area contributed by atoms with Crippen molar-refractivity contribution in [1.82, 2.24) is 0 Å². The first-order valence-electron chi connectivity index (χ1n) is 5.37. The van der Waals surface area contributed by atoms with Crippen LogP contribution in [0.4, 0.5) is 4.39 Å². The number of hydrogen-bond donors (Lipinski definition) is 1. The largest absolute Gasteiger partial charge is 0.465 e. The molecule has 1 unspecified atom stereocenters. The van der Waals surface area contributed by atoms with E-state index in [1.165, 1.54) is 23.9 Å². The molecular formula is C13H14FNOS. The standard InChI is InChI=1S/C13H14FNOS/c1-9-5-6-12(16-9)13(8-15)17-11-4-2-3-10(14)7-11/h2-7,13H,8,15H2,1H3. The number of hydrogen-bond acceptors (Lipinski definition) is 3. The van der Waals surface area contributed by atoms with E-state index < -0.39 is 0 Å². The van der Waals surface area contributed by atoms with Gasteiger partial charge in [0, 0.05) is 11.4 Å². The van der Waals surface area contributed by atoms with Crippen LogP contribution in [-0.2, 0) is 0 Å². The molecule has 0 aliphatic rings. The minimum absolute atomic E-state index is 0.0190. The third-order valence-corrected chi connectivity index (χ3v) is 3.60. The van der Waals surface area contributed by atoms with Crippen molar-refractivity contribution in [1.29, 1.82) is 0 Å². The highest BCUT2D eigenvalue weighted by Gasteiger charge is 2.15. The van der Waals surface area contributed by atoms with Gasteiger partial charge in [0.05, 0.1) is 5.25 Å². The molecule has 0 saturated carbocycles. The minimum Gasteiger partial charge on any atom is -0.465 e. The van der Waals surface area contributed by atoms with Gasteiger partial charge in [0.15, 0.2) is 0 Å². The first-order chi connectivity index (χ1) is 8.19. The van der Waals surface area contributed by atoms with E-state index in [0.717, 1.165) is 16.4 Å². The average Bonchev–Trinajstić information content (AvgIpc) is 2.73. The molecule has 90 valence electrons. The SMILES string of the molecule is Cc1ccc(C(CN)Sc2cccc(F)c2)o1. The minimum atomic E-state index is -0.235. The average molecular weight is 251 g/mol. The lowest BCUT2D eigenvalue weighted by Crippen LogP contribution is -2.08. The van der Waals surface area contributed by atoms with Crippen molar-refractivity contribution in [3.63, 3.8) is 0 Å². The normalized spacial score (nSPS) is 12.6. The molecule has 1 atom stereocenters. The lowest BCUT2D eigenvalue weighted by molar-refractivity contribution is 0.481. The maximum Gasteiger partial charge on any atom is 0.124 e. The number of halogens is 1. The Balaban J connectivity index is 2.15. The van der Waals surface area contributed by atoms with Gasteiger partial charge in [-0.25, -0.2) is 4.39 Å². The topological polar surface area (TPSA) is 39.2 Å². The lowest BCUT2D eigenvalue weighted by Gasteiger charge is -2.11. The Morgan fingerprint density at radius 1 is 1.35 bits per heavy atom. The quantitative estimate of drug-likeness (QED) is 0.845. The predicted molar refractivity (Wildman–Crippen MR) is 67.5 cm³/mol. The molecule has 0 aliphatic carbocycles. The lowest BCUT2D eigenvalue weighted by atomic mass is 10.3.